The molecule has 0 aliphatic rings. The smallest absolute Gasteiger partial charge is 0.325 e. The summed E-state index contributed by atoms with van der Waals surface area (Å²) in [5.41, 5.74) is 0.756. The maximum atomic E-state index is 11.1. The van der Waals surface area contributed by atoms with Crippen LogP contribution >= 0.6 is 11.6 Å². The van der Waals surface area contributed by atoms with Gasteiger partial charge in [0.1, 0.15) is 12.3 Å². The van der Waals surface area contributed by atoms with Gasteiger partial charge in [-0.05, 0) is 32.0 Å². The maximum Gasteiger partial charge on any atom is 0.325 e. The molecule has 1 rings (SSSR count). The van der Waals surface area contributed by atoms with Crippen LogP contribution in [0, 0.1) is 0 Å². The lowest BCUT2D eigenvalue weighted by Gasteiger charge is -2.09. The van der Waals surface area contributed by atoms with E-state index in [1.54, 1.807) is 25.1 Å². The first kappa shape index (κ1) is 13.6. The van der Waals surface area contributed by atoms with Gasteiger partial charge in [0.25, 0.3) is 0 Å². The van der Waals surface area contributed by atoms with Crippen LogP contribution in [0.4, 0.5) is 5.69 Å². The van der Waals surface area contributed by atoms with E-state index in [-0.39, 0.29) is 12.5 Å². The van der Waals surface area contributed by atoms with Crippen molar-refractivity contribution < 1.29 is 14.3 Å². The van der Waals surface area contributed by atoms with E-state index in [9.17, 15) is 4.79 Å². The first-order valence-electron chi connectivity index (χ1n) is 5.49. The number of nitrogens with one attached hydrogen (secondary N) is 1. The van der Waals surface area contributed by atoms with E-state index < -0.39 is 0 Å². The van der Waals surface area contributed by atoms with E-state index >= 15 is 0 Å². The van der Waals surface area contributed by atoms with Crippen molar-refractivity contribution in [3.63, 3.8) is 0 Å². The number of carbonyl (C=O) groups excluding carboxylic acids is 1. The van der Waals surface area contributed by atoms with Crippen LogP contribution < -0.4 is 10.1 Å². The second kappa shape index (κ2) is 7.01. The Labute approximate surface area is 106 Å². The highest BCUT2D eigenvalue weighted by Crippen LogP contribution is 2.27. The van der Waals surface area contributed by atoms with Crippen LogP contribution in [0.1, 0.15) is 13.8 Å². The quantitative estimate of drug-likeness (QED) is 0.796. The summed E-state index contributed by atoms with van der Waals surface area (Å²) in [6.45, 7) is 4.73. The Morgan fingerprint density at radius 1 is 1.35 bits per heavy atom. The molecule has 0 aromatic heterocycles. The molecule has 4 nitrogen and oxygen atoms in total. The molecule has 0 radical (unpaired) electrons. The van der Waals surface area contributed by atoms with Crippen molar-refractivity contribution in [2.75, 3.05) is 25.1 Å². The largest absolute Gasteiger partial charge is 0.492 e. The minimum Gasteiger partial charge on any atom is -0.492 e. The van der Waals surface area contributed by atoms with Gasteiger partial charge in [-0.15, -0.1) is 0 Å². The summed E-state index contributed by atoms with van der Waals surface area (Å²) < 4.78 is 10.1. The highest BCUT2D eigenvalue weighted by Gasteiger charge is 2.04. The molecule has 0 saturated heterocycles. The Morgan fingerprint density at radius 3 is 2.71 bits per heavy atom. The lowest BCUT2D eigenvalue weighted by molar-refractivity contribution is -0.140. The minimum atomic E-state index is -0.294. The molecule has 0 bridgehead atoms. The van der Waals surface area contributed by atoms with Crippen LogP contribution in [0.2, 0.25) is 5.02 Å². The summed E-state index contributed by atoms with van der Waals surface area (Å²) in [5, 5.41) is 3.44. The fourth-order valence-electron chi connectivity index (χ4n) is 1.27. The predicted octanol–water partition coefficient (Wildman–Crippen LogP) is 2.71. The molecule has 1 aromatic rings. The van der Waals surface area contributed by atoms with E-state index in [1.807, 2.05) is 6.92 Å². The molecule has 0 saturated carbocycles. The van der Waals surface area contributed by atoms with Gasteiger partial charge in [-0.1, -0.05) is 11.6 Å². The molecule has 94 valence electrons. The Hall–Kier alpha value is -1.42. The molecule has 0 unspecified atom stereocenters. The number of halogens is 1. The minimum absolute atomic E-state index is 0.123. The molecule has 0 aliphatic heterocycles. The van der Waals surface area contributed by atoms with E-state index in [1.165, 1.54) is 0 Å². The topological polar surface area (TPSA) is 47.6 Å². The molecule has 0 aliphatic carbocycles. The van der Waals surface area contributed by atoms with E-state index in [4.69, 9.17) is 21.1 Å². The Kier molecular flexibility index (Phi) is 5.63. The molecule has 5 heteroatoms. The summed E-state index contributed by atoms with van der Waals surface area (Å²) in [4.78, 5) is 11.1. The van der Waals surface area contributed by atoms with Crippen LogP contribution in [-0.4, -0.2) is 25.7 Å². The van der Waals surface area contributed by atoms with Crippen molar-refractivity contribution in [2.45, 2.75) is 13.8 Å². The molecule has 1 N–H and O–H groups in total. The summed E-state index contributed by atoms with van der Waals surface area (Å²) in [7, 11) is 0. The number of anilines is 1. The maximum absolute atomic E-state index is 11.1. The van der Waals surface area contributed by atoms with E-state index in [0.717, 1.165) is 5.69 Å². The van der Waals surface area contributed by atoms with Gasteiger partial charge < -0.3 is 14.8 Å². The molecule has 0 heterocycles. The van der Waals surface area contributed by atoms with Gasteiger partial charge in [-0.25, -0.2) is 0 Å². The lowest BCUT2D eigenvalue weighted by Crippen LogP contribution is -2.16. The van der Waals surface area contributed by atoms with Gasteiger partial charge >= 0.3 is 5.97 Å². The Bertz CT molecular complexity index is 382. The molecule has 0 amide bonds. The number of hydrogen-bond donors (Lipinski definition) is 1. The van der Waals surface area contributed by atoms with E-state index in [2.05, 4.69) is 5.32 Å². The summed E-state index contributed by atoms with van der Waals surface area (Å²) in [6.07, 6.45) is 0. The van der Waals surface area contributed by atoms with Crippen molar-refractivity contribution in [3.8, 4) is 5.75 Å². The molecular formula is C12H16ClNO3. The van der Waals surface area contributed by atoms with Gasteiger partial charge in [-0.3, -0.25) is 4.79 Å². The number of benzene rings is 1. The third kappa shape index (κ3) is 4.53. The summed E-state index contributed by atoms with van der Waals surface area (Å²) >= 11 is 6.00. The van der Waals surface area contributed by atoms with Gasteiger partial charge in [-0.2, -0.15) is 0 Å². The van der Waals surface area contributed by atoms with Crippen LogP contribution in [0.25, 0.3) is 0 Å². The Morgan fingerprint density at radius 2 is 2.12 bits per heavy atom. The van der Waals surface area contributed by atoms with Gasteiger partial charge in [0.2, 0.25) is 0 Å². The van der Waals surface area contributed by atoms with Crippen molar-refractivity contribution in [1.29, 1.82) is 0 Å². The molecule has 17 heavy (non-hydrogen) atoms. The second-order valence-electron chi connectivity index (χ2n) is 3.24. The van der Waals surface area contributed by atoms with Gasteiger partial charge in [0.05, 0.1) is 18.2 Å². The summed E-state index contributed by atoms with van der Waals surface area (Å²) in [5.74, 6) is 0.341. The number of ether oxygens (including phenoxy) is 2. The zero-order valence-electron chi connectivity index (χ0n) is 9.96. The average Bonchev–Trinajstić information content (AvgIpc) is 2.30. The highest BCUT2D eigenvalue weighted by molar-refractivity contribution is 6.32. The monoisotopic (exact) mass is 257 g/mol. The highest BCUT2D eigenvalue weighted by atomic mass is 35.5. The van der Waals surface area contributed by atoms with Crippen LogP contribution in [-0.2, 0) is 9.53 Å². The number of esters is 1. The van der Waals surface area contributed by atoms with Crippen molar-refractivity contribution >= 4 is 23.3 Å². The molecule has 1 aromatic carbocycles. The summed E-state index contributed by atoms with van der Waals surface area (Å²) in [6, 6.07) is 5.28. The Balaban J connectivity index is 2.55. The molecule has 0 atom stereocenters. The average molecular weight is 258 g/mol. The van der Waals surface area contributed by atoms with Gasteiger partial charge in [0.15, 0.2) is 0 Å². The standard InChI is InChI=1S/C12H16ClNO3/c1-3-16-11-6-5-9(7-10(11)13)14-8-12(15)17-4-2/h5-7,14H,3-4,8H2,1-2H3. The second-order valence-corrected chi connectivity index (χ2v) is 3.64. The van der Waals surface area contributed by atoms with Crippen molar-refractivity contribution in [3.05, 3.63) is 23.2 Å². The van der Waals surface area contributed by atoms with E-state index in [0.29, 0.717) is 24.0 Å². The fourth-order valence-corrected chi connectivity index (χ4v) is 1.50. The fraction of sp³-hybridized carbons (Fsp3) is 0.417. The third-order valence-electron chi connectivity index (χ3n) is 1.97. The molecule has 0 spiro atoms. The van der Waals surface area contributed by atoms with Crippen LogP contribution in [0.3, 0.4) is 0 Å². The first-order chi connectivity index (χ1) is 8.17. The number of carbonyl (C=O) groups is 1. The zero-order chi connectivity index (χ0) is 12.7. The number of rotatable bonds is 6. The molecular weight excluding hydrogens is 242 g/mol. The van der Waals surface area contributed by atoms with Crippen molar-refractivity contribution in [2.24, 2.45) is 0 Å². The van der Waals surface area contributed by atoms with Crippen LogP contribution in [0.5, 0.6) is 5.75 Å². The zero-order valence-corrected chi connectivity index (χ0v) is 10.7. The third-order valence-corrected chi connectivity index (χ3v) is 2.27. The number of hydrogen-bond acceptors (Lipinski definition) is 4. The SMILES string of the molecule is CCOC(=O)CNc1ccc(OCC)c(Cl)c1. The van der Waals surface area contributed by atoms with Gasteiger partial charge in [0, 0.05) is 5.69 Å². The normalized spacial score (nSPS) is 9.82. The first-order valence-corrected chi connectivity index (χ1v) is 5.87. The molecule has 0 fully saturated rings. The van der Waals surface area contributed by atoms with Crippen molar-refractivity contribution in [1.82, 2.24) is 0 Å². The lowest BCUT2D eigenvalue weighted by atomic mass is 10.3. The van der Waals surface area contributed by atoms with Crippen LogP contribution in [0.15, 0.2) is 18.2 Å². The predicted molar refractivity (Wildman–Crippen MR) is 67.7 cm³/mol.